The molecule has 1 saturated heterocycles. The third-order valence-corrected chi connectivity index (χ3v) is 5.43. The lowest BCUT2D eigenvalue weighted by Gasteiger charge is -2.34. The fourth-order valence-corrected chi connectivity index (χ4v) is 3.61. The maximum absolute atomic E-state index is 12.4. The predicted octanol–water partition coefficient (Wildman–Crippen LogP) is 3.82. The molecule has 1 amide bonds. The number of nitrogens with zero attached hydrogens (tertiary/aromatic N) is 2. The molecular weight excluding hydrogens is 390 g/mol. The van der Waals surface area contributed by atoms with Crippen LogP contribution in [0.15, 0.2) is 46.9 Å². The van der Waals surface area contributed by atoms with Gasteiger partial charge in [0.25, 0.3) is 0 Å². The van der Waals surface area contributed by atoms with Gasteiger partial charge in [-0.25, -0.2) is 0 Å². The number of carbonyl (C=O) groups is 1. The molecular formula is C21H26BrN3O. The zero-order valence-electron chi connectivity index (χ0n) is 15.5. The van der Waals surface area contributed by atoms with Crippen LogP contribution >= 0.6 is 15.9 Å². The third kappa shape index (κ3) is 5.16. The largest absolute Gasteiger partial charge is 0.324 e. The summed E-state index contributed by atoms with van der Waals surface area (Å²) in [4.78, 5) is 17.1. The molecule has 0 atom stereocenters. The number of hydrogen-bond donors (Lipinski definition) is 1. The van der Waals surface area contributed by atoms with E-state index in [1.807, 2.05) is 32.0 Å². The highest BCUT2D eigenvalue weighted by Crippen LogP contribution is 2.19. The highest BCUT2D eigenvalue weighted by molar-refractivity contribution is 9.10. The van der Waals surface area contributed by atoms with Gasteiger partial charge in [0.1, 0.15) is 0 Å². The Labute approximate surface area is 164 Å². The number of benzene rings is 2. The van der Waals surface area contributed by atoms with Crippen LogP contribution in [-0.4, -0.2) is 48.4 Å². The van der Waals surface area contributed by atoms with Crippen LogP contribution in [0.4, 0.5) is 5.69 Å². The number of para-hydroxylation sites is 1. The number of piperazine rings is 1. The van der Waals surface area contributed by atoms with E-state index in [2.05, 4.69) is 55.3 Å². The van der Waals surface area contributed by atoms with Gasteiger partial charge in [-0.1, -0.05) is 46.3 Å². The van der Waals surface area contributed by atoms with Crippen molar-refractivity contribution < 1.29 is 4.79 Å². The summed E-state index contributed by atoms with van der Waals surface area (Å²) in [5, 5.41) is 3.08. The summed E-state index contributed by atoms with van der Waals surface area (Å²) in [6.45, 7) is 9.33. The second kappa shape index (κ2) is 8.80. The summed E-state index contributed by atoms with van der Waals surface area (Å²) in [5.74, 6) is 0.0729. The molecule has 0 unspecified atom stereocenters. The van der Waals surface area contributed by atoms with E-state index in [1.165, 1.54) is 5.56 Å². The molecule has 1 aliphatic heterocycles. The van der Waals surface area contributed by atoms with E-state index in [-0.39, 0.29) is 5.91 Å². The van der Waals surface area contributed by atoms with Gasteiger partial charge in [-0.3, -0.25) is 14.6 Å². The van der Waals surface area contributed by atoms with E-state index < -0.39 is 0 Å². The number of amides is 1. The van der Waals surface area contributed by atoms with Gasteiger partial charge < -0.3 is 5.32 Å². The minimum atomic E-state index is 0.0729. The van der Waals surface area contributed by atoms with Crippen molar-refractivity contribution in [2.45, 2.75) is 20.4 Å². The van der Waals surface area contributed by atoms with E-state index in [4.69, 9.17) is 0 Å². The van der Waals surface area contributed by atoms with E-state index in [9.17, 15) is 4.79 Å². The van der Waals surface area contributed by atoms with Crippen LogP contribution in [0, 0.1) is 13.8 Å². The fraction of sp³-hybridized carbons (Fsp3) is 0.381. The van der Waals surface area contributed by atoms with Crippen LogP contribution in [0.2, 0.25) is 0 Å². The molecule has 0 saturated carbocycles. The highest BCUT2D eigenvalue weighted by atomic mass is 79.9. The van der Waals surface area contributed by atoms with Crippen LogP contribution in [0.3, 0.4) is 0 Å². The van der Waals surface area contributed by atoms with Crippen molar-refractivity contribution in [2.24, 2.45) is 0 Å². The predicted molar refractivity (Wildman–Crippen MR) is 110 cm³/mol. The minimum Gasteiger partial charge on any atom is -0.324 e. The molecule has 1 heterocycles. The van der Waals surface area contributed by atoms with Gasteiger partial charge in [0.15, 0.2) is 0 Å². The van der Waals surface area contributed by atoms with Gasteiger partial charge in [0, 0.05) is 42.9 Å². The molecule has 0 aliphatic carbocycles. The standard InChI is InChI=1S/C21H26BrN3O/c1-16-4-3-5-17(2)21(16)23-20(26)15-25-12-10-24(11-13-25)14-18-6-8-19(22)9-7-18/h3-9H,10-15H2,1-2H3,(H,23,26). The van der Waals surface area contributed by atoms with Crippen molar-refractivity contribution in [3.05, 3.63) is 63.6 Å². The minimum absolute atomic E-state index is 0.0729. The Kier molecular flexibility index (Phi) is 6.46. The van der Waals surface area contributed by atoms with Crippen LogP contribution in [0.25, 0.3) is 0 Å². The smallest absolute Gasteiger partial charge is 0.238 e. The molecule has 2 aromatic rings. The Morgan fingerprint density at radius 2 is 1.54 bits per heavy atom. The van der Waals surface area contributed by atoms with Gasteiger partial charge in [-0.05, 0) is 42.7 Å². The Bertz CT molecular complexity index is 732. The lowest BCUT2D eigenvalue weighted by atomic mass is 10.1. The molecule has 4 nitrogen and oxygen atoms in total. The molecule has 0 spiro atoms. The fourth-order valence-electron chi connectivity index (χ4n) is 3.35. The van der Waals surface area contributed by atoms with Crippen molar-refractivity contribution in [2.75, 3.05) is 38.0 Å². The molecule has 26 heavy (non-hydrogen) atoms. The van der Waals surface area contributed by atoms with Crippen LogP contribution in [-0.2, 0) is 11.3 Å². The van der Waals surface area contributed by atoms with E-state index in [1.54, 1.807) is 0 Å². The number of hydrogen-bond acceptors (Lipinski definition) is 3. The summed E-state index contributed by atoms with van der Waals surface area (Å²) in [5.41, 5.74) is 4.50. The number of nitrogens with one attached hydrogen (secondary N) is 1. The monoisotopic (exact) mass is 415 g/mol. The first-order valence-electron chi connectivity index (χ1n) is 9.06. The Morgan fingerprint density at radius 3 is 2.15 bits per heavy atom. The number of aryl methyl sites for hydroxylation is 2. The maximum Gasteiger partial charge on any atom is 0.238 e. The normalized spacial score (nSPS) is 15.8. The van der Waals surface area contributed by atoms with Crippen LogP contribution in [0.1, 0.15) is 16.7 Å². The number of anilines is 1. The lowest BCUT2D eigenvalue weighted by Crippen LogP contribution is -2.48. The van der Waals surface area contributed by atoms with Crippen molar-refractivity contribution in [1.29, 1.82) is 0 Å². The molecule has 5 heteroatoms. The topological polar surface area (TPSA) is 35.6 Å². The summed E-state index contributed by atoms with van der Waals surface area (Å²) in [7, 11) is 0. The summed E-state index contributed by atoms with van der Waals surface area (Å²) < 4.78 is 1.11. The molecule has 1 N–H and O–H groups in total. The summed E-state index contributed by atoms with van der Waals surface area (Å²) in [6, 6.07) is 14.6. The van der Waals surface area contributed by atoms with Gasteiger partial charge >= 0.3 is 0 Å². The molecule has 2 aromatic carbocycles. The second-order valence-electron chi connectivity index (χ2n) is 6.99. The van der Waals surface area contributed by atoms with E-state index >= 15 is 0 Å². The van der Waals surface area contributed by atoms with Gasteiger partial charge in [-0.15, -0.1) is 0 Å². The molecule has 0 aromatic heterocycles. The Hall–Kier alpha value is -1.69. The highest BCUT2D eigenvalue weighted by Gasteiger charge is 2.19. The van der Waals surface area contributed by atoms with E-state index in [0.29, 0.717) is 6.54 Å². The second-order valence-corrected chi connectivity index (χ2v) is 7.91. The van der Waals surface area contributed by atoms with Crippen LogP contribution < -0.4 is 5.32 Å². The number of carbonyl (C=O) groups excluding carboxylic acids is 1. The first kappa shape index (κ1) is 19.1. The van der Waals surface area contributed by atoms with Gasteiger partial charge in [0.05, 0.1) is 6.54 Å². The van der Waals surface area contributed by atoms with Gasteiger partial charge in [-0.2, -0.15) is 0 Å². The van der Waals surface area contributed by atoms with Crippen molar-refractivity contribution >= 4 is 27.5 Å². The van der Waals surface area contributed by atoms with Crippen molar-refractivity contribution in [1.82, 2.24) is 9.80 Å². The zero-order chi connectivity index (χ0) is 18.5. The summed E-state index contributed by atoms with van der Waals surface area (Å²) >= 11 is 3.48. The molecule has 0 radical (unpaired) electrons. The van der Waals surface area contributed by atoms with Crippen molar-refractivity contribution in [3.8, 4) is 0 Å². The molecule has 0 bridgehead atoms. The zero-order valence-corrected chi connectivity index (χ0v) is 17.1. The Morgan fingerprint density at radius 1 is 0.962 bits per heavy atom. The molecule has 3 rings (SSSR count). The third-order valence-electron chi connectivity index (χ3n) is 4.90. The molecule has 1 aliphatic rings. The average molecular weight is 416 g/mol. The van der Waals surface area contributed by atoms with E-state index in [0.717, 1.165) is 54.0 Å². The first-order valence-corrected chi connectivity index (χ1v) is 9.86. The molecule has 1 fully saturated rings. The number of rotatable bonds is 5. The van der Waals surface area contributed by atoms with Crippen molar-refractivity contribution in [3.63, 3.8) is 0 Å². The Balaban J connectivity index is 1.46. The summed E-state index contributed by atoms with van der Waals surface area (Å²) in [6.07, 6.45) is 0. The average Bonchev–Trinajstić information content (AvgIpc) is 2.62. The van der Waals surface area contributed by atoms with Crippen LogP contribution in [0.5, 0.6) is 0 Å². The first-order chi connectivity index (χ1) is 12.5. The maximum atomic E-state index is 12.4. The number of halogens is 1. The SMILES string of the molecule is Cc1cccc(C)c1NC(=O)CN1CCN(Cc2ccc(Br)cc2)CC1. The van der Waals surface area contributed by atoms with Gasteiger partial charge in [0.2, 0.25) is 5.91 Å². The quantitative estimate of drug-likeness (QED) is 0.805. The lowest BCUT2D eigenvalue weighted by molar-refractivity contribution is -0.117. The molecule has 138 valence electrons.